The Morgan fingerprint density at radius 3 is 2.19 bits per heavy atom. The van der Waals surface area contributed by atoms with Crippen LogP contribution in [0.15, 0.2) is 27.1 Å². The van der Waals surface area contributed by atoms with E-state index in [0.717, 1.165) is 4.90 Å². The van der Waals surface area contributed by atoms with E-state index in [1.54, 1.807) is 23.5 Å². The molecule has 2 amide bonds. The highest BCUT2D eigenvalue weighted by Crippen LogP contribution is 2.21. The van der Waals surface area contributed by atoms with Gasteiger partial charge in [-0.15, -0.1) is 0 Å². The number of alkyl halides is 3. The monoisotopic (exact) mass is 430 g/mol. The molecule has 0 spiro atoms. The first-order chi connectivity index (χ1) is 9.58. The van der Waals surface area contributed by atoms with Crippen LogP contribution < -0.4 is 5.32 Å². The molecule has 116 valence electrons. The third-order valence-electron chi connectivity index (χ3n) is 2.32. The standard InChI is InChI=1S/C12H11Br2F3N2O2/c1-19(5-10(20)18-6-12(15,16)17)11(21)7-2-8(13)4-9(14)3-7/h2-4H,5-6H2,1H3,(H,18,20). The summed E-state index contributed by atoms with van der Waals surface area (Å²) in [4.78, 5) is 24.5. The van der Waals surface area contributed by atoms with Crippen molar-refractivity contribution < 1.29 is 22.8 Å². The minimum absolute atomic E-state index is 0.308. The predicted octanol–water partition coefficient (Wildman–Crippen LogP) is 2.96. The van der Waals surface area contributed by atoms with E-state index in [0.29, 0.717) is 14.5 Å². The molecule has 0 bridgehead atoms. The molecule has 0 heterocycles. The Kier molecular flexibility index (Phi) is 6.21. The van der Waals surface area contributed by atoms with E-state index < -0.39 is 31.1 Å². The van der Waals surface area contributed by atoms with E-state index >= 15 is 0 Å². The van der Waals surface area contributed by atoms with Crippen LogP contribution in [0.25, 0.3) is 0 Å². The van der Waals surface area contributed by atoms with E-state index in [-0.39, 0.29) is 0 Å². The average Bonchev–Trinajstić information content (AvgIpc) is 2.33. The molecule has 0 radical (unpaired) electrons. The number of rotatable bonds is 4. The number of carbonyl (C=O) groups is 2. The van der Waals surface area contributed by atoms with E-state index in [9.17, 15) is 22.8 Å². The zero-order valence-corrected chi connectivity index (χ0v) is 14.0. The van der Waals surface area contributed by atoms with Gasteiger partial charge in [-0.2, -0.15) is 13.2 Å². The SMILES string of the molecule is CN(CC(=O)NCC(F)(F)F)C(=O)c1cc(Br)cc(Br)c1. The number of nitrogens with one attached hydrogen (secondary N) is 1. The van der Waals surface area contributed by atoms with Crippen LogP contribution >= 0.6 is 31.9 Å². The van der Waals surface area contributed by atoms with Crippen molar-refractivity contribution >= 4 is 43.7 Å². The van der Waals surface area contributed by atoms with Crippen molar-refractivity contribution in [2.45, 2.75) is 6.18 Å². The molecule has 1 aromatic carbocycles. The Morgan fingerprint density at radius 2 is 1.71 bits per heavy atom. The number of nitrogens with zero attached hydrogens (tertiary/aromatic N) is 1. The number of halogens is 5. The number of hydrogen-bond acceptors (Lipinski definition) is 2. The maximum Gasteiger partial charge on any atom is 0.405 e. The van der Waals surface area contributed by atoms with Crippen molar-refractivity contribution in [1.29, 1.82) is 0 Å². The van der Waals surface area contributed by atoms with Gasteiger partial charge in [0.15, 0.2) is 0 Å². The van der Waals surface area contributed by atoms with Crippen molar-refractivity contribution in [2.24, 2.45) is 0 Å². The Hall–Kier alpha value is -1.09. The van der Waals surface area contributed by atoms with Gasteiger partial charge in [-0.3, -0.25) is 9.59 Å². The molecule has 1 N–H and O–H groups in total. The summed E-state index contributed by atoms with van der Waals surface area (Å²) in [5.41, 5.74) is 0.308. The molecule has 9 heteroatoms. The van der Waals surface area contributed by atoms with E-state index in [1.165, 1.54) is 7.05 Å². The summed E-state index contributed by atoms with van der Waals surface area (Å²) in [6.45, 7) is -1.88. The highest BCUT2D eigenvalue weighted by Gasteiger charge is 2.28. The van der Waals surface area contributed by atoms with Gasteiger partial charge in [-0.1, -0.05) is 31.9 Å². The summed E-state index contributed by atoms with van der Waals surface area (Å²) in [6.07, 6.45) is -4.48. The maximum atomic E-state index is 12.1. The first-order valence-electron chi connectivity index (χ1n) is 5.63. The second kappa shape index (κ2) is 7.26. The second-order valence-electron chi connectivity index (χ2n) is 4.21. The topological polar surface area (TPSA) is 49.4 Å². The molecule has 1 aromatic rings. The van der Waals surface area contributed by atoms with Gasteiger partial charge in [-0.05, 0) is 18.2 Å². The van der Waals surface area contributed by atoms with Crippen LogP contribution in [0.3, 0.4) is 0 Å². The summed E-state index contributed by atoms with van der Waals surface area (Å²) < 4.78 is 37.2. The number of carbonyl (C=O) groups excluding carboxylic acids is 2. The van der Waals surface area contributed by atoms with E-state index in [4.69, 9.17) is 0 Å². The average molecular weight is 432 g/mol. The fourth-order valence-electron chi connectivity index (χ4n) is 1.44. The van der Waals surface area contributed by atoms with Gasteiger partial charge >= 0.3 is 6.18 Å². The van der Waals surface area contributed by atoms with Gasteiger partial charge in [0.2, 0.25) is 5.91 Å². The highest BCUT2D eigenvalue weighted by molar-refractivity contribution is 9.11. The maximum absolute atomic E-state index is 12.1. The quantitative estimate of drug-likeness (QED) is 0.796. The second-order valence-corrected chi connectivity index (χ2v) is 6.04. The van der Waals surface area contributed by atoms with Crippen LogP contribution in [0.4, 0.5) is 13.2 Å². The van der Waals surface area contributed by atoms with Crippen molar-refractivity contribution in [1.82, 2.24) is 10.2 Å². The lowest BCUT2D eigenvalue weighted by molar-refractivity contribution is -0.138. The van der Waals surface area contributed by atoms with Crippen LogP contribution in [0.1, 0.15) is 10.4 Å². The smallest absolute Gasteiger partial charge is 0.345 e. The van der Waals surface area contributed by atoms with Gasteiger partial charge in [-0.25, -0.2) is 0 Å². The lowest BCUT2D eigenvalue weighted by atomic mass is 10.2. The van der Waals surface area contributed by atoms with E-state index in [2.05, 4.69) is 31.9 Å². The lowest BCUT2D eigenvalue weighted by Gasteiger charge is -2.17. The number of likely N-dealkylation sites (N-methyl/N-ethyl adjacent to an activating group) is 1. The number of hydrogen-bond donors (Lipinski definition) is 1. The summed E-state index contributed by atoms with van der Waals surface area (Å²) in [5, 5.41) is 1.71. The number of amides is 2. The minimum atomic E-state index is -4.48. The van der Waals surface area contributed by atoms with Crippen LogP contribution in [0, 0.1) is 0 Å². The molecule has 21 heavy (non-hydrogen) atoms. The third-order valence-corrected chi connectivity index (χ3v) is 3.24. The van der Waals surface area contributed by atoms with Gasteiger partial charge in [0.05, 0.1) is 6.54 Å². The fourth-order valence-corrected chi connectivity index (χ4v) is 2.73. The molecule has 0 atom stereocenters. The molecular weight excluding hydrogens is 421 g/mol. The van der Waals surface area contributed by atoms with Gasteiger partial charge in [0.1, 0.15) is 6.54 Å². The summed E-state index contributed by atoms with van der Waals surface area (Å²) >= 11 is 6.45. The van der Waals surface area contributed by atoms with E-state index in [1.807, 2.05) is 0 Å². The highest BCUT2D eigenvalue weighted by atomic mass is 79.9. The normalized spacial score (nSPS) is 11.1. The first-order valence-corrected chi connectivity index (χ1v) is 7.22. The molecule has 0 aliphatic heterocycles. The van der Waals surface area contributed by atoms with Crippen LogP contribution in [0.5, 0.6) is 0 Å². The molecule has 1 rings (SSSR count). The van der Waals surface area contributed by atoms with Gasteiger partial charge < -0.3 is 10.2 Å². The number of benzene rings is 1. The molecule has 4 nitrogen and oxygen atoms in total. The summed E-state index contributed by atoms with van der Waals surface area (Å²) in [7, 11) is 1.34. The zero-order chi connectivity index (χ0) is 16.2. The van der Waals surface area contributed by atoms with Crippen LogP contribution in [0.2, 0.25) is 0 Å². The van der Waals surface area contributed by atoms with Crippen molar-refractivity contribution in [2.75, 3.05) is 20.1 Å². The van der Waals surface area contributed by atoms with Crippen LogP contribution in [-0.4, -0.2) is 43.0 Å². The first kappa shape index (κ1) is 18.0. The van der Waals surface area contributed by atoms with Crippen molar-refractivity contribution in [3.8, 4) is 0 Å². The Labute approximate surface area is 135 Å². The minimum Gasteiger partial charge on any atom is -0.345 e. The third kappa shape index (κ3) is 6.47. The van der Waals surface area contributed by atoms with Gasteiger partial charge in [0.25, 0.3) is 5.91 Å². The molecule has 0 aromatic heterocycles. The molecule has 0 aliphatic rings. The van der Waals surface area contributed by atoms with Crippen molar-refractivity contribution in [3.63, 3.8) is 0 Å². The lowest BCUT2D eigenvalue weighted by Crippen LogP contribution is -2.41. The summed E-state index contributed by atoms with van der Waals surface area (Å²) in [6, 6.07) is 4.83. The molecule has 0 saturated carbocycles. The molecule has 0 fully saturated rings. The molecular formula is C12H11Br2F3N2O2. The Bertz CT molecular complexity index is 530. The van der Waals surface area contributed by atoms with Crippen molar-refractivity contribution in [3.05, 3.63) is 32.7 Å². The van der Waals surface area contributed by atoms with Gasteiger partial charge in [0, 0.05) is 21.6 Å². The van der Waals surface area contributed by atoms with Crippen LogP contribution in [-0.2, 0) is 4.79 Å². The molecule has 0 saturated heterocycles. The Balaban J connectivity index is 2.64. The predicted molar refractivity (Wildman–Crippen MR) is 77.9 cm³/mol. The largest absolute Gasteiger partial charge is 0.405 e. The fraction of sp³-hybridized carbons (Fsp3) is 0.333. The summed E-state index contributed by atoms with van der Waals surface area (Å²) in [5.74, 6) is -1.35. The Morgan fingerprint density at radius 1 is 1.19 bits per heavy atom. The molecule has 0 unspecified atom stereocenters. The molecule has 0 aliphatic carbocycles. The zero-order valence-electron chi connectivity index (χ0n) is 10.8.